The first-order valence-corrected chi connectivity index (χ1v) is 9.26. The van der Waals surface area contributed by atoms with E-state index in [4.69, 9.17) is 0 Å². The molecule has 0 spiro atoms. The molecular weight excluding hydrogens is 266 g/mol. The van der Waals surface area contributed by atoms with E-state index in [0.717, 1.165) is 10.9 Å². The number of thioether (sulfide) groups is 1. The Hall–Kier alpha value is -0.680. The largest absolute Gasteiger partial charge is 0.382 e. The molecule has 0 radical (unpaired) electrons. The van der Waals surface area contributed by atoms with E-state index in [1.807, 2.05) is 23.9 Å². The smallest absolute Gasteiger partial charge is 0.175 e. The molecule has 1 aromatic carbocycles. The zero-order chi connectivity index (χ0) is 13.2. The molecule has 0 aliphatic heterocycles. The van der Waals surface area contributed by atoms with Gasteiger partial charge in [0.2, 0.25) is 0 Å². The van der Waals surface area contributed by atoms with Crippen LogP contribution in [-0.2, 0) is 9.84 Å². The number of benzene rings is 1. The van der Waals surface area contributed by atoms with Crippen LogP contribution >= 0.6 is 11.8 Å². The zero-order valence-electron chi connectivity index (χ0n) is 10.7. The van der Waals surface area contributed by atoms with Crippen LogP contribution in [0.15, 0.2) is 29.2 Å². The van der Waals surface area contributed by atoms with Gasteiger partial charge in [0.05, 0.1) is 4.90 Å². The molecule has 1 aliphatic carbocycles. The average Bonchev–Trinajstić information content (AvgIpc) is 2.76. The van der Waals surface area contributed by atoms with Crippen molar-refractivity contribution in [2.45, 2.75) is 35.4 Å². The van der Waals surface area contributed by atoms with Crippen molar-refractivity contribution in [2.75, 3.05) is 17.8 Å². The summed E-state index contributed by atoms with van der Waals surface area (Å²) in [6.45, 7) is 0. The molecule has 0 saturated heterocycles. The quantitative estimate of drug-likeness (QED) is 0.924. The molecule has 1 saturated carbocycles. The predicted molar refractivity (Wildman–Crippen MR) is 78.1 cm³/mol. The Morgan fingerprint density at radius 3 is 2.39 bits per heavy atom. The maximum Gasteiger partial charge on any atom is 0.175 e. The topological polar surface area (TPSA) is 46.2 Å². The standard InChI is InChI=1S/C13H19NO2S2/c1-17-12-6-3-11(9-12)14-10-4-7-13(8-5-10)18(2,15)16/h4-5,7-8,11-12,14H,3,6,9H2,1-2H3. The lowest BCUT2D eigenvalue weighted by molar-refractivity contribution is 0.602. The van der Waals surface area contributed by atoms with Crippen molar-refractivity contribution in [3.05, 3.63) is 24.3 Å². The third-order valence-electron chi connectivity index (χ3n) is 3.37. The molecule has 18 heavy (non-hydrogen) atoms. The van der Waals surface area contributed by atoms with E-state index >= 15 is 0 Å². The summed E-state index contributed by atoms with van der Waals surface area (Å²) in [4.78, 5) is 0.376. The first-order chi connectivity index (χ1) is 8.49. The maximum atomic E-state index is 11.3. The highest BCUT2D eigenvalue weighted by Crippen LogP contribution is 2.30. The summed E-state index contributed by atoms with van der Waals surface area (Å²) in [5.41, 5.74) is 1.01. The number of nitrogens with one attached hydrogen (secondary N) is 1. The molecule has 1 N–H and O–H groups in total. The minimum absolute atomic E-state index is 0.376. The minimum Gasteiger partial charge on any atom is -0.382 e. The van der Waals surface area contributed by atoms with Crippen molar-refractivity contribution in [3.8, 4) is 0 Å². The fourth-order valence-electron chi connectivity index (χ4n) is 2.32. The van der Waals surface area contributed by atoms with Gasteiger partial charge in [-0.1, -0.05) is 0 Å². The number of anilines is 1. The molecule has 1 aromatic rings. The number of rotatable bonds is 4. The van der Waals surface area contributed by atoms with Gasteiger partial charge in [0.1, 0.15) is 0 Å². The molecular formula is C13H19NO2S2. The van der Waals surface area contributed by atoms with Gasteiger partial charge in [-0.2, -0.15) is 11.8 Å². The number of sulfone groups is 1. The van der Waals surface area contributed by atoms with Crippen LogP contribution in [0.25, 0.3) is 0 Å². The normalized spacial score (nSPS) is 24.1. The Kier molecular flexibility index (Phi) is 4.22. The van der Waals surface area contributed by atoms with Gasteiger partial charge in [-0.25, -0.2) is 8.42 Å². The summed E-state index contributed by atoms with van der Waals surface area (Å²) in [5.74, 6) is 0. The van der Waals surface area contributed by atoms with E-state index in [-0.39, 0.29) is 0 Å². The Morgan fingerprint density at radius 1 is 1.22 bits per heavy atom. The Bertz CT molecular complexity index is 496. The number of hydrogen-bond donors (Lipinski definition) is 1. The monoisotopic (exact) mass is 285 g/mol. The first-order valence-electron chi connectivity index (χ1n) is 6.08. The summed E-state index contributed by atoms with van der Waals surface area (Å²) in [5, 5.41) is 4.24. The minimum atomic E-state index is -3.09. The van der Waals surface area contributed by atoms with E-state index in [0.29, 0.717) is 10.9 Å². The molecule has 1 aliphatic rings. The highest BCUT2D eigenvalue weighted by Gasteiger charge is 2.23. The SMILES string of the molecule is CSC1CCC(Nc2ccc(S(C)(=O)=O)cc2)C1. The number of hydrogen-bond acceptors (Lipinski definition) is 4. The molecule has 2 unspecified atom stereocenters. The van der Waals surface area contributed by atoms with Gasteiger partial charge in [0, 0.05) is 23.2 Å². The Balaban J connectivity index is 1.99. The van der Waals surface area contributed by atoms with Gasteiger partial charge in [-0.3, -0.25) is 0 Å². The molecule has 2 rings (SSSR count). The lowest BCUT2D eigenvalue weighted by atomic mass is 10.2. The summed E-state index contributed by atoms with van der Waals surface area (Å²) < 4.78 is 22.7. The van der Waals surface area contributed by atoms with Crippen LogP contribution in [0.3, 0.4) is 0 Å². The molecule has 0 bridgehead atoms. The maximum absolute atomic E-state index is 11.3. The predicted octanol–water partition coefficient (Wildman–Crippen LogP) is 2.79. The van der Waals surface area contributed by atoms with Gasteiger partial charge in [0.25, 0.3) is 0 Å². The fourth-order valence-corrected chi connectivity index (χ4v) is 3.75. The van der Waals surface area contributed by atoms with E-state index < -0.39 is 9.84 Å². The highest BCUT2D eigenvalue weighted by atomic mass is 32.2. The molecule has 0 heterocycles. The van der Waals surface area contributed by atoms with Gasteiger partial charge >= 0.3 is 0 Å². The van der Waals surface area contributed by atoms with Gasteiger partial charge in [-0.15, -0.1) is 0 Å². The van der Waals surface area contributed by atoms with Crippen LogP contribution in [0.1, 0.15) is 19.3 Å². The summed E-state index contributed by atoms with van der Waals surface area (Å²) in [6, 6.07) is 7.55. The highest BCUT2D eigenvalue weighted by molar-refractivity contribution is 7.99. The van der Waals surface area contributed by atoms with Crippen LogP contribution in [0, 0.1) is 0 Å². The Morgan fingerprint density at radius 2 is 1.89 bits per heavy atom. The van der Waals surface area contributed by atoms with Gasteiger partial charge < -0.3 is 5.32 Å². The van der Waals surface area contributed by atoms with E-state index in [2.05, 4.69) is 11.6 Å². The molecule has 0 aromatic heterocycles. The van der Waals surface area contributed by atoms with Crippen LogP contribution in [-0.4, -0.2) is 32.2 Å². The van der Waals surface area contributed by atoms with E-state index in [1.54, 1.807) is 12.1 Å². The molecule has 2 atom stereocenters. The van der Waals surface area contributed by atoms with Crippen molar-refractivity contribution in [3.63, 3.8) is 0 Å². The lowest BCUT2D eigenvalue weighted by Crippen LogP contribution is -2.15. The third-order valence-corrected chi connectivity index (χ3v) is 5.59. The van der Waals surface area contributed by atoms with Crippen molar-refractivity contribution >= 4 is 27.3 Å². The van der Waals surface area contributed by atoms with Crippen LogP contribution in [0.5, 0.6) is 0 Å². The molecule has 0 amide bonds. The van der Waals surface area contributed by atoms with Crippen LogP contribution in [0.2, 0.25) is 0 Å². The van der Waals surface area contributed by atoms with Crippen molar-refractivity contribution < 1.29 is 8.42 Å². The van der Waals surface area contributed by atoms with E-state index in [1.165, 1.54) is 25.5 Å². The van der Waals surface area contributed by atoms with E-state index in [9.17, 15) is 8.42 Å². The van der Waals surface area contributed by atoms with Crippen LogP contribution < -0.4 is 5.32 Å². The second-order valence-electron chi connectivity index (χ2n) is 4.81. The summed E-state index contributed by atoms with van der Waals surface area (Å²) in [7, 11) is -3.09. The first kappa shape index (κ1) is 13.7. The summed E-state index contributed by atoms with van der Waals surface area (Å²) in [6.07, 6.45) is 7.04. The van der Waals surface area contributed by atoms with Crippen molar-refractivity contribution in [2.24, 2.45) is 0 Å². The van der Waals surface area contributed by atoms with Crippen molar-refractivity contribution in [1.29, 1.82) is 0 Å². The molecule has 100 valence electrons. The second kappa shape index (κ2) is 5.53. The summed E-state index contributed by atoms with van der Waals surface area (Å²) >= 11 is 1.93. The third kappa shape index (κ3) is 3.42. The van der Waals surface area contributed by atoms with Gasteiger partial charge in [-0.05, 0) is 49.8 Å². The van der Waals surface area contributed by atoms with Crippen molar-refractivity contribution in [1.82, 2.24) is 0 Å². The molecule has 3 nitrogen and oxygen atoms in total. The van der Waals surface area contributed by atoms with Crippen LogP contribution in [0.4, 0.5) is 5.69 Å². The Labute approximate surface area is 113 Å². The average molecular weight is 285 g/mol. The second-order valence-corrected chi connectivity index (χ2v) is 7.96. The van der Waals surface area contributed by atoms with Gasteiger partial charge in [0.15, 0.2) is 9.84 Å². The lowest BCUT2D eigenvalue weighted by Gasteiger charge is -2.14. The fraction of sp³-hybridized carbons (Fsp3) is 0.538. The molecule has 1 fully saturated rings. The molecule has 5 heteroatoms. The zero-order valence-corrected chi connectivity index (χ0v) is 12.4.